The molecule has 2 atom stereocenters. The number of quaternary nitrogens is 1. The van der Waals surface area contributed by atoms with Gasteiger partial charge in [-0.05, 0) is 25.7 Å². The predicted molar refractivity (Wildman–Crippen MR) is 158 cm³/mol. The van der Waals surface area contributed by atoms with Gasteiger partial charge >= 0.3 is 0 Å². The summed E-state index contributed by atoms with van der Waals surface area (Å²) < 4.78 is 0.799. The SMILES string of the molecule is CCCCCCCCCCCCCC(=O)CC(CC(=O)P(O)C(=O)CCCC[N+](C)(C)C)NC(=O)CCC. The largest absolute Gasteiger partial charge is 0.360 e. The number of hydrogen-bond donors (Lipinski definition) is 2. The van der Waals surface area contributed by atoms with Crippen LogP contribution < -0.4 is 5.32 Å². The zero-order valence-electron chi connectivity index (χ0n) is 25.2. The van der Waals surface area contributed by atoms with Crippen LogP contribution in [0.5, 0.6) is 0 Å². The third-order valence-corrected chi connectivity index (χ3v) is 8.09. The molecule has 38 heavy (non-hydrogen) atoms. The fourth-order valence-corrected chi connectivity index (χ4v) is 5.51. The zero-order chi connectivity index (χ0) is 28.8. The van der Waals surface area contributed by atoms with E-state index in [-0.39, 0.29) is 31.0 Å². The van der Waals surface area contributed by atoms with Gasteiger partial charge in [-0.3, -0.25) is 19.2 Å². The van der Waals surface area contributed by atoms with E-state index in [1.807, 2.05) is 6.92 Å². The second kappa shape index (κ2) is 22.6. The first-order chi connectivity index (χ1) is 18.0. The van der Waals surface area contributed by atoms with Crippen LogP contribution in [0.4, 0.5) is 0 Å². The Morgan fingerprint density at radius 3 is 1.71 bits per heavy atom. The molecule has 2 unspecified atom stereocenters. The van der Waals surface area contributed by atoms with Crippen LogP contribution in [-0.4, -0.2) is 65.8 Å². The molecule has 0 rings (SSSR count). The van der Waals surface area contributed by atoms with E-state index in [1.165, 1.54) is 51.4 Å². The molecule has 2 N–H and O–H groups in total. The number of unbranched alkanes of at least 4 members (excludes halogenated alkanes) is 11. The van der Waals surface area contributed by atoms with Gasteiger partial charge in [0, 0.05) is 38.1 Å². The van der Waals surface area contributed by atoms with Crippen molar-refractivity contribution in [3.8, 4) is 0 Å². The summed E-state index contributed by atoms with van der Waals surface area (Å²) in [4.78, 5) is 60.1. The highest BCUT2D eigenvalue weighted by Crippen LogP contribution is 2.36. The molecule has 0 aliphatic heterocycles. The lowest BCUT2D eigenvalue weighted by Gasteiger charge is -2.23. The average Bonchev–Trinajstić information content (AvgIpc) is 2.84. The number of rotatable bonds is 26. The predicted octanol–water partition coefficient (Wildman–Crippen LogP) is 6.64. The summed E-state index contributed by atoms with van der Waals surface area (Å²) >= 11 is 0. The van der Waals surface area contributed by atoms with Crippen LogP contribution in [0, 0.1) is 0 Å². The summed E-state index contributed by atoms with van der Waals surface area (Å²) in [6.45, 7) is 5.04. The van der Waals surface area contributed by atoms with Gasteiger partial charge in [0.1, 0.15) is 5.78 Å². The minimum absolute atomic E-state index is 0.0180. The molecule has 0 aliphatic carbocycles. The van der Waals surface area contributed by atoms with Crippen molar-refractivity contribution in [3.05, 3.63) is 0 Å². The molecule has 7 nitrogen and oxygen atoms in total. The van der Waals surface area contributed by atoms with Crippen molar-refractivity contribution < 1.29 is 28.6 Å². The number of amides is 1. The number of carbonyl (C=O) groups excluding carboxylic acids is 4. The molecule has 0 aromatic heterocycles. The van der Waals surface area contributed by atoms with E-state index in [0.717, 1.165) is 36.7 Å². The quantitative estimate of drug-likeness (QED) is 0.0705. The molecule has 0 radical (unpaired) electrons. The summed E-state index contributed by atoms with van der Waals surface area (Å²) in [7, 11) is 3.83. The molecule has 0 heterocycles. The molecule has 1 amide bonds. The molecule has 0 aliphatic rings. The Kier molecular flexibility index (Phi) is 21.9. The van der Waals surface area contributed by atoms with Gasteiger partial charge in [-0.15, -0.1) is 0 Å². The number of hydrogen-bond acceptors (Lipinski definition) is 5. The summed E-state index contributed by atoms with van der Waals surface area (Å²) in [5.74, 6) is -0.189. The van der Waals surface area contributed by atoms with Crippen LogP contribution in [0.15, 0.2) is 0 Å². The molecule has 0 spiro atoms. The van der Waals surface area contributed by atoms with Crippen LogP contribution in [-0.2, 0) is 19.2 Å². The molecule has 0 saturated heterocycles. The number of nitrogens with one attached hydrogen (secondary N) is 1. The Balaban J connectivity index is 4.45. The van der Waals surface area contributed by atoms with E-state index in [1.54, 1.807) is 0 Å². The lowest BCUT2D eigenvalue weighted by molar-refractivity contribution is -0.870. The number of carbonyl (C=O) groups is 4. The maximum absolute atomic E-state index is 12.7. The minimum atomic E-state index is -2.41. The highest BCUT2D eigenvalue weighted by Gasteiger charge is 2.28. The van der Waals surface area contributed by atoms with Crippen LogP contribution in [0.3, 0.4) is 0 Å². The molecular formula is C30H58N2O5P+. The topological polar surface area (TPSA) is 101 Å². The second-order valence-corrected chi connectivity index (χ2v) is 13.4. The van der Waals surface area contributed by atoms with E-state index >= 15 is 0 Å². The van der Waals surface area contributed by atoms with Crippen molar-refractivity contribution >= 4 is 30.9 Å². The van der Waals surface area contributed by atoms with Crippen LogP contribution in [0.25, 0.3) is 0 Å². The van der Waals surface area contributed by atoms with Crippen molar-refractivity contribution in [2.45, 2.75) is 142 Å². The number of nitrogens with zero attached hydrogens (tertiary/aromatic N) is 1. The first-order valence-electron chi connectivity index (χ1n) is 15.2. The highest BCUT2D eigenvalue weighted by molar-refractivity contribution is 7.84. The Hall–Kier alpha value is -1.17. The number of ketones is 1. The van der Waals surface area contributed by atoms with Gasteiger partial charge < -0.3 is 14.7 Å². The Morgan fingerprint density at radius 2 is 1.18 bits per heavy atom. The lowest BCUT2D eigenvalue weighted by atomic mass is 10.0. The minimum Gasteiger partial charge on any atom is -0.360 e. The molecule has 0 fully saturated rings. The third-order valence-electron chi connectivity index (χ3n) is 6.74. The molecule has 0 saturated carbocycles. The average molecular weight is 558 g/mol. The monoisotopic (exact) mass is 557 g/mol. The highest BCUT2D eigenvalue weighted by atomic mass is 31.1. The third kappa shape index (κ3) is 21.7. The zero-order valence-corrected chi connectivity index (χ0v) is 26.1. The first kappa shape index (κ1) is 36.8. The van der Waals surface area contributed by atoms with Crippen LogP contribution in [0.2, 0.25) is 0 Å². The van der Waals surface area contributed by atoms with E-state index in [9.17, 15) is 24.1 Å². The van der Waals surface area contributed by atoms with Gasteiger partial charge in [-0.1, -0.05) is 78.1 Å². The van der Waals surface area contributed by atoms with Crippen LogP contribution >= 0.6 is 8.15 Å². The Bertz CT molecular complexity index is 678. The maximum Gasteiger partial charge on any atom is 0.220 e. The van der Waals surface area contributed by atoms with Gasteiger partial charge in [0.15, 0.2) is 19.2 Å². The van der Waals surface area contributed by atoms with Gasteiger partial charge in [0.25, 0.3) is 0 Å². The molecule has 0 aromatic rings. The lowest BCUT2D eigenvalue weighted by Crippen LogP contribution is -2.38. The second-order valence-electron chi connectivity index (χ2n) is 11.8. The van der Waals surface area contributed by atoms with Gasteiger partial charge in [-0.25, -0.2) is 0 Å². The van der Waals surface area contributed by atoms with Gasteiger partial charge in [0.05, 0.1) is 27.7 Å². The summed E-state index contributed by atoms with van der Waals surface area (Å²) in [6.07, 6.45) is 16.3. The summed E-state index contributed by atoms with van der Waals surface area (Å²) in [6, 6.07) is -0.662. The Labute approximate surface area is 234 Å². The fourth-order valence-electron chi connectivity index (χ4n) is 4.47. The standard InChI is InChI=1S/C30H57N2O5P/c1-6-8-9-10-11-12-13-14-15-16-17-21-27(33)24-26(31-28(34)20-7-2)25-30(36)38(37)29(35)22-18-19-23-32(3,4)5/h26,37H,6-25H2,1-5H3/p+1. The van der Waals surface area contributed by atoms with Crippen molar-refractivity contribution in [1.29, 1.82) is 0 Å². The van der Waals surface area contributed by atoms with Crippen molar-refractivity contribution in [1.82, 2.24) is 5.32 Å². The molecule has 0 bridgehead atoms. The fraction of sp³-hybridized carbons (Fsp3) is 0.867. The summed E-state index contributed by atoms with van der Waals surface area (Å²) in [5.41, 5.74) is -0.974. The van der Waals surface area contributed by atoms with E-state index in [0.29, 0.717) is 25.7 Å². The van der Waals surface area contributed by atoms with Gasteiger partial charge in [-0.2, -0.15) is 0 Å². The van der Waals surface area contributed by atoms with E-state index in [2.05, 4.69) is 33.4 Å². The van der Waals surface area contributed by atoms with E-state index < -0.39 is 25.2 Å². The summed E-state index contributed by atoms with van der Waals surface area (Å²) in [5, 5.41) is 2.79. The number of Topliss-reactive ketones (excluding diaryl/α,β-unsaturated/α-hetero) is 1. The van der Waals surface area contributed by atoms with Crippen LogP contribution in [0.1, 0.15) is 136 Å². The van der Waals surface area contributed by atoms with E-state index in [4.69, 9.17) is 0 Å². The first-order valence-corrected chi connectivity index (χ1v) is 16.5. The molecular weight excluding hydrogens is 499 g/mol. The van der Waals surface area contributed by atoms with Crippen molar-refractivity contribution in [2.75, 3.05) is 27.7 Å². The molecule has 8 heteroatoms. The van der Waals surface area contributed by atoms with Gasteiger partial charge in [0.2, 0.25) is 5.91 Å². The molecule has 222 valence electrons. The normalized spacial score (nSPS) is 13.2. The van der Waals surface area contributed by atoms with Crippen molar-refractivity contribution in [3.63, 3.8) is 0 Å². The molecule has 0 aromatic carbocycles. The van der Waals surface area contributed by atoms with Crippen molar-refractivity contribution in [2.24, 2.45) is 0 Å². The Morgan fingerprint density at radius 1 is 0.658 bits per heavy atom. The smallest absolute Gasteiger partial charge is 0.220 e. The maximum atomic E-state index is 12.7.